The molecule has 2 amide bonds. The second-order valence-corrected chi connectivity index (χ2v) is 10.5. The Morgan fingerprint density at radius 3 is 2.11 bits per heavy atom. The lowest BCUT2D eigenvalue weighted by Gasteiger charge is -2.42. The lowest BCUT2D eigenvalue weighted by atomic mass is 9.76. The summed E-state index contributed by atoms with van der Waals surface area (Å²) >= 11 is 6.18. The zero-order valence-electron chi connectivity index (χ0n) is 19.5. The number of alkyl halides is 9. The van der Waals surface area contributed by atoms with Crippen LogP contribution >= 0.6 is 11.6 Å². The topological polar surface area (TPSA) is 90.7 Å². The summed E-state index contributed by atoms with van der Waals surface area (Å²) in [5, 5.41) is 1.41. The van der Waals surface area contributed by atoms with Crippen LogP contribution in [0.4, 0.5) is 35.1 Å². The predicted octanol–water partition coefficient (Wildman–Crippen LogP) is 4.47. The van der Waals surface area contributed by atoms with Gasteiger partial charge in [-0.1, -0.05) is 0 Å². The van der Waals surface area contributed by atoms with E-state index in [1.807, 2.05) is 0 Å². The Morgan fingerprint density at radius 2 is 1.54 bits per heavy atom. The average Bonchev–Trinajstić information content (AvgIpc) is 2.74. The van der Waals surface area contributed by atoms with Crippen molar-refractivity contribution in [2.75, 3.05) is 0 Å². The summed E-state index contributed by atoms with van der Waals surface area (Å²) in [4.78, 5) is 24.6. The molecule has 3 N–H and O–H groups in total. The van der Waals surface area contributed by atoms with E-state index < -0.39 is 90.6 Å². The summed E-state index contributed by atoms with van der Waals surface area (Å²) in [7, 11) is 0. The van der Waals surface area contributed by atoms with E-state index in [-0.39, 0.29) is 44.9 Å². The van der Waals surface area contributed by atoms with Crippen LogP contribution in [0.2, 0.25) is 0 Å². The van der Waals surface area contributed by atoms with Gasteiger partial charge in [0.15, 0.2) is 0 Å². The number of nitrogens with two attached hydrogens (primary N) is 1. The summed E-state index contributed by atoms with van der Waals surface area (Å²) in [6.07, 6.45) is -19.1. The Morgan fingerprint density at radius 1 is 0.892 bits per heavy atom. The van der Waals surface area contributed by atoms with E-state index in [1.54, 1.807) is 0 Å². The molecule has 0 spiro atoms. The number of hydrogen-bond acceptors (Lipinski definition) is 4. The molecule has 3 aliphatic carbocycles. The molecule has 0 heterocycles. The maximum absolute atomic E-state index is 15.3. The molecule has 37 heavy (non-hydrogen) atoms. The third-order valence-electron chi connectivity index (χ3n) is 7.41. The van der Waals surface area contributed by atoms with Crippen molar-refractivity contribution in [2.45, 2.75) is 106 Å². The minimum atomic E-state index is -4.92. The highest BCUT2D eigenvalue weighted by Crippen LogP contribution is 2.44. The van der Waals surface area contributed by atoms with Gasteiger partial charge in [-0.25, -0.2) is 8.78 Å². The van der Waals surface area contributed by atoms with Crippen molar-refractivity contribution in [3.05, 3.63) is 0 Å². The van der Waals surface area contributed by atoms with Crippen LogP contribution in [-0.2, 0) is 19.1 Å². The van der Waals surface area contributed by atoms with Gasteiger partial charge in [-0.05, 0) is 51.4 Å². The normalized spacial score (nSPS) is 39.7. The number of rotatable bonds is 6. The SMILES string of the molecule is NC(=O)C1CC(NC(=O)C2C(OC3CCC(OC(F)(F)F)CC3Cl)CCC(C(F)(F)F)C2F)CCC1F. The first-order chi connectivity index (χ1) is 17.1. The highest BCUT2D eigenvalue weighted by atomic mass is 35.5. The van der Waals surface area contributed by atoms with E-state index in [2.05, 4.69) is 10.1 Å². The van der Waals surface area contributed by atoms with E-state index in [0.29, 0.717) is 0 Å². The van der Waals surface area contributed by atoms with E-state index in [1.165, 1.54) is 0 Å². The zero-order valence-corrected chi connectivity index (χ0v) is 20.3. The fourth-order valence-corrected chi connectivity index (χ4v) is 5.91. The summed E-state index contributed by atoms with van der Waals surface area (Å²) in [6, 6.07) is -0.813. The quantitative estimate of drug-likeness (QED) is 0.363. The molecular weight excluding hydrogens is 544 g/mol. The van der Waals surface area contributed by atoms with E-state index in [4.69, 9.17) is 22.1 Å². The highest BCUT2D eigenvalue weighted by Gasteiger charge is 2.55. The molecule has 214 valence electrons. The Balaban J connectivity index is 1.71. The molecule has 0 aromatic rings. The van der Waals surface area contributed by atoms with Crippen LogP contribution in [0.15, 0.2) is 0 Å². The van der Waals surface area contributed by atoms with Gasteiger partial charge in [-0.3, -0.25) is 14.3 Å². The predicted molar refractivity (Wildman–Crippen MR) is 114 cm³/mol. The molecule has 10 unspecified atom stereocenters. The third kappa shape index (κ3) is 7.81. The summed E-state index contributed by atoms with van der Waals surface area (Å²) in [5.74, 6) is -7.54. The lowest BCUT2D eigenvalue weighted by Crippen LogP contribution is -2.56. The number of carbonyl (C=O) groups excluding carboxylic acids is 2. The first-order valence-corrected chi connectivity index (χ1v) is 12.5. The summed E-state index contributed by atoms with van der Waals surface area (Å²) in [6.45, 7) is 0. The average molecular weight is 573 g/mol. The van der Waals surface area contributed by atoms with Gasteiger partial charge in [0.1, 0.15) is 12.3 Å². The fourth-order valence-electron chi connectivity index (χ4n) is 5.53. The van der Waals surface area contributed by atoms with Gasteiger partial charge in [-0.15, -0.1) is 24.8 Å². The van der Waals surface area contributed by atoms with Gasteiger partial charge in [-0.2, -0.15) is 13.2 Å². The van der Waals surface area contributed by atoms with Crippen molar-refractivity contribution in [3.63, 3.8) is 0 Å². The molecule has 15 heteroatoms. The maximum atomic E-state index is 15.3. The Labute approximate surface area is 212 Å². The van der Waals surface area contributed by atoms with Crippen LogP contribution in [0, 0.1) is 17.8 Å². The Kier molecular flexibility index (Phi) is 9.58. The van der Waals surface area contributed by atoms with Crippen molar-refractivity contribution < 1.29 is 54.2 Å². The number of nitrogens with one attached hydrogen (secondary N) is 1. The van der Waals surface area contributed by atoms with Crippen molar-refractivity contribution in [3.8, 4) is 0 Å². The minimum absolute atomic E-state index is 0.0415. The molecule has 0 bridgehead atoms. The van der Waals surface area contributed by atoms with E-state index >= 15 is 4.39 Å². The molecule has 3 fully saturated rings. The number of halogens is 9. The summed E-state index contributed by atoms with van der Waals surface area (Å²) in [5.41, 5.74) is 5.18. The number of hydrogen-bond donors (Lipinski definition) is 2. The monoisotopic (exact) mass is 572 g/mol. The number of primary amides is 1. The zero-order chi connectivity index (χ0) is 27.7. The number of ether oxygens (including phenoxy) is 2. The molecular formula is C22H29ClF8N2O4. The molecule has 6 nitrogen and oxygen atoms in total. The van der Waals surface area contributed by atoms with Crippen LogP contribution in [0.5, 0.6) is 0 Å². The summed E-state index contributed by atoms with van der Waals surface area (Å²) < 4.78 is 117. The van der Waals surface area contributed by atoms with Gasteiger partial charge in [0, 0.05) is 6.04 Å². The van der Waals surface area contributed by atoms with Gasteiger partial charge >= 0.3 is 12.5 Å². The largest absolute Gasteiger partial charge is 0.522 e. The van der Waals surface area contributed by atoms with Crippen molar-refractivity contribution >= 4 is 23.4 Å². The fraction of sp³-hybridized carbons (Fsp3) is 0.909. The second-order valence-electron chi connectivity index (χ2n) is 9.97. The molecule has 0 saturated heterocycles. The Hall–Kier alpha value is -1.41. The molecule has 3 aliphatic rings. The molecule has 3 rings (SSSR count). The first kappa shape index (κ1) is 30.1. The van der Waals surface area contributed by atoms with Crippen LogP contribution in [0.1, 0.15) is 51.4 Å². The van der Waals surface area contributed by atoms with Crippen LogP contribution in [0.25, 0.3) is 0 Å². The highest BCUT2D eigenvalue weighted by molar-refractivity contribution is 6.21. The van der Waals surface area contributed by atoms with Gasteiger partial charge < -0.3 is 15.8 Å². The van der Waals surface area contributed by atoms with Gasteiger partial charge in [0.05, 0.1) is 41.4 Å². The van der Waals surface area contributed by atoms with Gasteiger partial charge in [0.2, 0.25) is 11.8 Å². The maximum Gasteiger partial charge on any atom is 0.522 e. The van der Waals surface area contributed by atoms with Gasteiger partial charge in [0.25, 0.3) is 0 Å². The van der Waals surface area contributed by atoms with Crippen LogP contribution < -0.4 is 11.1 Å². The van der Waals surface area contributed by atoms with Crippen LogP contribution in [0.3, 0.4) is 0 Å². The smallest absolute Gasteiger partial charge is 0.373 e. The molecule has 0 radical (unpaired) electrons. The number of amides is 2. The second kappa shape index (κ2) is 11.8. The van der Waals surface area contributed by atoms with Crippen molar-refractivity contribution in [2.24, 2.45) is 23.5 Å². The molecule has 0 aliphatic heterocycles. The standard InChI is InChI=1S/C22H29ClF8N2O4/c23-13-8-10(37-22(29,30)31)2-5-15(13)36-16-6-3-12(21(26,27)28)18(25)17(16)20(35)33-9-1-4-14(24)11(7-9)19(32)34/h9-18H,1-8H2,(H2,32,34)(H,33,35). The van der Waals surface area contributed by atoms with Crippen molar-refractivity contribution in [1.82, 2.24) is 5.32 Å². The van der Waals surface area contributed by atoms with Crippen molar-refractivity contribution in [1.29, 1.82) is 0 Å². The first-order valence-electron chi connectivity index (χ1n) is 12.1. The van der Waals surface area contributed by atoms with E-state index in [9.17, 15) is 40.3 Å². The third-order valence-corrected chi connectivity index (χ3v) is 7.86. The Bertz CT molecular complexity index is 817. The molecule has 3 saturated carbocycles. The molecule has 0 aromatic heterocycles. The molecule has 10 atom stereocenters. The molecule has 0 aromatic carbocycles. The minimum Gasteiger partial charge on any atom is -0.373 e. The number of carbonyl (C=O) groups is 2. The van der Waals surface area contributed by atoms with Crippen LogP contribution in [-0.4, -0.2) is 66.4 Å². The lowest BCUT2D eigenvalue weighted by molar-refractivity contribution is -0.346. The van der Waals surface area contributed by atoms with E-state index in [0.717, 1.165) is 0 Å².